The molecule has 13 heteroatoms. The minimum Gasteiger partial charge on any atom is -0.454 e. The predicted molar refractivity (Wildman–Crippen MR) is 150 cm³/mol. The molecule has 3 aromatic rings. The van der Waals surface area contributed by atoms with Crippen molar-refractivity contribution in [1.82, 2.24) is 9.29 Å². The number of amides is 1. The van der Waals surface area contributed by atoms with Gasteiger partial charge in [0.1, 0.15) is 5.75 Å². The summed E-state index contributed by atoms with van der Waals surface area (Å²) in [7, 11) is -8.68. The van der Waals surface area contributed by atoms with Gasteiger partial charge in [-0.2, -0.15) is 0 Å². The summed E-state index contributed by atoms with van der Waals surface area (Å²) in [4.78, 5) is 29.8. The molecule has 11 nitrogen and oxygen atoms in total. The summed E-state index contributed by atoms with van der Waals surface area (Å²) in [5.74, 6) is -4.60. The van der Waals surface area contributed by atoms with Crippen LogP contribution in [0.5, 0.6) is 11.5 Å². The number of benzene rings is 2. The second kappa shape index (κ2) is 12.4. The summed E-state index contributed by atoms with van der Waals surface area (Å²) in [6.07, 6.45) is 1.75. The van der Waals surface area contributed by atoms with E-state index in [0.717, 1.165) is 5.56 Å². The number of ether oxygens (including phenoxy) is 2. The molecule has 2 aromatic carbocycles. The van der Waals surface area contributed by atoms with Crippen molar-refractivity contribution in [2.45, 2.75) is 31.3 Å². The van der Waals surface area contributed by atoms with Crippen LogP contribution in [-0.2, 0) is 31.1 Å². The molecule has 3 atom stereocenters. The van der Waals surface area contributed by atoms with Gasteiger partial charge in [0.25, 0.3) is 10.0 Å². The molecule has 0 fully saturated rings. The Labute approximate surface area is 239 Å². The number of rotatable bonds is 12. The molecule has 1 amide bonds. The number of fused-ring (bicyclic) bond motifs is 1. The average Bonchev–Trinajstić information content (AvgIpc) is 3.41. The van der Waals surface area contributed by atoms with Gasteiger partial charge in [-0.15, -0.1) is 0 Å². The van der Waals surface area contributed by atoms with Crippen molar-refractivity contribution >= 4 is 31.6 Å². The molecule has 1 unspecified atom stereocenters. The monoisotopic (exact) mass is 601 g/mol. The highest BCUT2D eigenvalue weighted by molar-refractivity contribution is 7.92. The summed E-state index contributed by atoms with van der Waals surface area (Å²) in [6.45, 7) is 2.93. The largest absolute Gasteiger partial charge is 0.454 e. The Morgan fingerprint density at radius 1 is 0.951 bits per heavy atom. The molecular weight excluding hydrogens is 570 g/mol. The smallest absolute Gasteiger partial charge is 0.268 e. The van der Waals surface area contributed by atoms with Crippen molar-refractivity contribution in [3.63, 3.8) is 0 Å². The van der Waals surface area contributed by atoms with E-state index in [2.05, 4.69) is 4.98 Å². The summed E-state index contributed by atoms with van der Waals surface area (Å²) in [6, 6.07) is 15.9. The first-order valence-corrected chi connectivity index (χ1v) is 16.1. The highest BCUT2D eigenvalue weighted by Crippen LogP contribution is 2.35. The fraction of sp³-hybridized carbons (Fsp3) is 0.321. The van der Waals surface area contributed by atoms with Crippen LogP contribution in [0.25, 0.3) is 0 Å². The normalized spacial score (nSPS) is 15.1. The van der Waals surface area contributed by atoms with Crippen molar-refractivity contribution in [2.24, 2.45) is 17.6 Å². The number of hydrogen-bond donors (Lipinski definition) is 1. The number of nitrogens with two attached hydrogens (primary N) is 1. The first-order valence-electron chi connectivity index (χ1n) is 12.8. The fourth-order valence-corrected chi connectivity index (χ4v) is 7.72. The Hall–Kier alpha value is -3.81. The van der Waals surface area contributed by atoms with E-state index in [1.165, 1.54) is 49.6 Å². The third-order valence-electron chi connectivity index (χ3n) is 6.65. The van der Waals surface area contributed by atoms with Crippen LogP contribution in [0.1, 0.15) is 29.8 Å². The van der Waals surface area contributed by atoms with E-state index < -0.39 is 61.1 Å². The molecule has 0 bridgehead atoms. The van der Waals surface area contributed by atoms with Crippen LogP contribution >= 0.6 is 0 Å². The van der Waals surface area contributed by atoms with E-state index in [4.69, 9.17) is 15.2 Å². The van der Waals surface area contributed by atoms with E-state index in [1.54, 1.807) is 6.92 Å². The molecule has 2 N–H and O–H groups in total. The number of nitrogens with zero attached hydrogens (tertiary/aromatic N) is 2. The highest BCUT2D eigenvalue weighted by atomic mass is 32.2. The number of aromatic nitrogens is 1. The lowest BCUT2D eigenvalue weighted by Gasteiger charge is -2.34. The Morgan fingerprint density at radius 2 is 1.61 bits per heavy atom. The van der Waals surface area contributed by atoms with Gasteiger partial charge in [-0.1, -0.05) is 44.2 Å². The number of Topliss-reactive ketones (excluding diaryl/α,β-unsaturated/α-hetero) is 1. The van der Waals surface area contributed by atoms with Gasteiger partial charge in [-0.3, -0.25) is 14.6 Å². The van der Waals surface area contributed by atoms with Crippen LogP contribution in [-0.4, -0.2) is 62.3 Å². The Kier molecular flexibility index (Phi) is 9.10. The highest BCUT2D eigenvalue weighted by Gasteiger charge is 2.40. The molecule has 0 saturated carbocycles. The van der Waals surface area contributed by atoms with Crippen LogP contribution in [0.4, 0.5) is 0 Å². The number of carbonyl (C=O) groups is 2. The predicted octanol–water partition coefficient (Wildman–Crippen LogP) is 2.42. The third kappa shape index (κ3) is 7.10. The van der Waals surface area contributed by atoms with Crippen LogP contribution in [0.15, 0.2) is 78.0 Å². The van der Waals surface area contributed by atoms with E-state index in [-0.39, 0.29) is 23.0 Å². The molecule has 1 aliphatic rings. The molecule has 1 aliphatic heterocycles. The topological polar surface area (TPSA) is 163 Å². The van der Waals surface area contributed by atoms with Gasteiger partial charge in [0.2, 0.25) is 12.7 Å². The molecule has 4 rings (SSSR count). The van der Waals surface area contributed by atoms with E-state index in [1.807, 2.05) is 30.3 Å². The molecule has 0 aliphatic carbocycles. The minimum absolute atomic E-state index is 0.0811. The standard InChI is InChI=1S/C28H31N3O8S2/c1-19(14-21-6-4-3-5-7-21)27(29)31(41(36,37)23-8-9-25-26(15-23)39-18-38-25)28(33)20(2)16-40(34,35)17-24(32)22-10-12-30-13-11-22/h3-13,15,19-20,27H,14,16-18,29H2,1-2H3/t19-,20?,27-/m0/s1. The van der Waals surface area contributed by atoms with Crippen molar-refractivity contribution in [1.29, 1.82) is 0 Å². The number of pyridine rings is 1. The Bertz CT molecular complexity index is 1610. The second-order valence-electron chi connectivity index (χ2n) is 9.93. The molecule has 2 heterocycles. The lowest BCUT2D eigenvalue weighted by atomic mass is 9.98. The van der Waals surface area contributed by atoms with Gasteiger partial charge in [-0.05, 0) is 42.2 Å². The first-order chi connectivity index (χ1) is 19.4. The Balaban J connectivity index is 1.62. The number of hydrogen-bond acceptors (Lipinski definition) is 10. The molecule has 1 aromatic heterocycles. The summed E-state index contributed by atoms with van der Waals surface area (Å²) < 4.78 is 64.8. The fourth-order valence-electron chi connectivity index (χ4n) is 4.46. The second-order valence-corrected chi connectivity index (χ2v) is 13.9. The molecule has 41 heavy (non-hydrogen) atoms. The zero-order valence-electron chi connectivity index (χ0n) is 22.5. The molecular formula is C28H31N3O8S2. The summed E-state index contributed by atoms with van der Waals surface area (Å²) >= 11 is 0. The maximum absolute atomic E-state index is 13.9. The lowest BCUT2D eigenvalue weighted by Crippen LogP contribution is -2.55. The van der Waals surface area contributed by atoms with Crippen LogP contribution in [0.3, 0.4) is 0 Å². The van der Waals surface area contributed by atoms with Crippen molar-refractivity contribution in [3.8, 4) is 11.5 Å². The van der Waals surface area contributed by atoms with Crippen LogP contribution in [0.2, 0.25) is 0 Å². The number of carbonyl (C=O) groups excluding carboxylic acids is 2. The summed E-state index contributed by atoms with van der Waals surface area (Å²) in [5, 5.41) is 0. The maximum Gasteiger partial charge on any atom is 0.268 e. The SMILES string of the molecule is CC(CS(=O)(=O)CC(=O)c1ccncc1)C(=O)N([C@H](N)[C@@H](C)Cc1ccccc1)S(=O)(=O)c1ccc2c(c1)OCO2. The summed E-state index contributed by atoms with van der Waals surface area (Å²) in [5.41, 5.74) is 7.51. The van der Waals surface area contributed by atoms with E-state index >= 15 is 0 Å². The van der Waals surface area contributed by atoms with Crippen molar-refractivity contribution in [3.05, 3.63) is 84.2 Å². The molecule has 0 radical (unpaired) electrons. The average molecular weight is 602 g/mol. The van der Waals surface area contributed by atoms with Gasteiger partial charge in [0.05, 0.1) is 22.7 Å². The quantitative estimate of drug-likeness (QED) is 0.241. The van der Waals surface area contributed by atoms with Gasteiger partial charge in [0, 0.05) is 24.0 Å². The van der Waals surface area contributed by atoms with Crippen LogP contribution in [0, 0.1) is 11.8 Å². The maximum atomic E-state index is 13.9. The van der Waals surface area contributed by atoms with Gasteiger partial charge in [-0.25, -0.2) is 21.1 Å². The third-order valence-corrected chi connectivity index (χ3v) is 10.2. The van der Waals surface area contributed by atoms with Gasteiger partial charge in [0.15, 0.2) is 27.1 Å². The molecule has 0 saturated heterocycles. The van der Waals surface area contributed by atoms with Gasteiger partial charge >= 0.3 is 0 Å². The number of ketones is 1. The van der Waals surface area contributed by atoms with Gasteiger partial charge < -0.3 is 15.2 Å². The number of sulfone groups is 1. The zero-order valence-corrected chi connectivity index (χ0v) is 24.2. The van der Waals surface area contributed by atoms with E-state index in [9.17, 15) is 26.4 Å². The minimum atomic E-state index is -4.57. The van der Waals surface area contributed by atoms with Crippen molar-refractivity contribution < 1.29 is 35.9 Å². The van der Waals surface area contributed by atoms with Crippen molar-refractivity contribution in [2.75, 3.05) is 18.3 Å². The Morgan fingerprint density at radius 3 is 2.29 bits per heavy atom. The first kappa shape index (κ1) is 30.2. The van der Waals surface area contributed by atoms with Crippen LogP contribution < -0.4 is 15.2 Å². The zero-order chi connectivity index (χ0) is 29.8. The molecule has 0 spiro atoms. The van der Waals surface area contributed by atoms with E-state index in [0.29, 0.717) is 16.5 Å². The number of sulfonamides is 1. The lowest BCUT2D eigenvalue weighted by molar-refractivity contribution is -0.131. The molecule has 218 valence electrons.